The zero-order chi connectivity index (χ0) is 64.7. The third kappa shape index (κ3) is 10.7. The maximum absolute atomic E-state index is 8.94. The van der Waals surface area contributed by atoms with Crippen molar-refractivity contribution in [1.29, 1.82) is 5.41 Å². The van der Waals surface area contributed by atoms with Gasteiger partial charge in [0.15, 0.2) is 0 Å². The average Bonchev–Trinajstić information content (AvgIpc) is 1.59. The maximum Gasteiger partial charge on any atom is 0.0716 e. The van der Waals surface area contributed by atoms with Gasteiger partial charge in [-0.15, -0.1) is 0 Å². The van der Waals surface area contributed by atoms with E-state index in [4.69, 9.17) is 5.41 Å². The van der Waals surface area contributed by atoms with Crippen LogP contribution in [0.4, 0.5) is 5.69 Å². The van der Waals surface area contributed by atoms with Crippen molar-refractivity contribution in [2.45, 2.75) is 19.9 Å². The third-order valence-corrected chi connectivity index (χ3v) is 19.0. The van der Waals surface area contributed by atoms with Crippen LogP contribution in [0.2, 0.25) is 0 Å². The lowest BCUT2D eigenvalue weighted by Crippen LogP contribution is -2.33. The quantitative estimate of drug-likeness (QED) is 0.0983. The molecule has 15 aromatic rings. The zero-order valence-electron chi connectivity index (χ0n) is 53.5. The van der Waals surface area contributed by atoms with Gasteiger partial charge in [0.1, 0.15) is 0 Å². The van der Waals surface area contributed by atoms with Crippen LogP contribution in [0, 0.1) is 17.2 Å². The first-order valence-electron chi connectivity index (χ1n) is 32.5. The van der Waals surface area contributed by atoms with Gasteiger partial charge in [0.25, 0.3) is 0 Å². The fourth-order valence-electron chi connectivity index (χ4n) is 14.4. The number of allylic oxidation sites excluding steroid dienone is 8. The Morgan fingerprint density at radius 2 is 0.947 bits per heavy atom. The number of aryl methyl sites for hydroxylation is 1. The second-order valence-corrected chi connectivity index (χ2v) is 24.6. The molecule has 4 aromatic heterocycles. The minimum atomic E-state index is 0.113. The average molecular weight is 1230 g/mol. The summed E-state index contributed by atoms with van der Waals surface area (Å²) in [5, 5.41) is 22.9. The number of para-hydroxylation sites is 5. The molecule has 2 aliphatic carbocycles. The van der Waals surface area contributed by atoms with Crippen LogP contribution in [0.3, 0.4) is 0 Å². The lowest BCUT2D eigenvalue weighted by atomic mass is 9.82. The van der Waals surface area contributed by atoms with Gasteiger partial charge in [0, 0.05) is 95.4 Å². The molecule has 0 aliphatic heterocycles. The first-order valence-corrected chi connectivity index (χ1v) is 32.5. The summed E-state index contributed by atoms with van der Waals surface area (Å²) in [4.78, 5) is 4.23. The number of rotatable bonds is 11. The summed E-state index contributed by atoms with van der Waals surface area (Å²) in [6, 6.07) is 90.9. The lowest BCUT2D eigenvalue weighted by Gasteiger charge is -2.32. The highest BCUT2D eigenvalue weighted by molar-refractivity contribution is 6.15. The number of aliphatic imine (C=N–C) groups is 1. The number of aromatic nitrogens is 4. The first-order chi connectivity index (χ1) is 46.7. The second-order valence-electron chi connectivity index (χ2n) is 24.6. The summed E-state index contributed by atoms with van der Waals surface area (Å²) in [6.07, 6.45) is 18.5. The summed E-state index contributed by atoms with van der Waals surface area (Å²) >= 11 is 0. The smallest absolute Gasteiger partial charge is 0.0716 e. The minimum Gasteiger partial charge on any atom is -0.378 e. The summed E-state index contributed by atoms with van der Waals surface area (Å²) in [6.45, 7) is 15.9. The molecule has 458 valence electrons. The van der Waals surface area contributed by atoms with Crippen molar-refractivity contribution in [3.63, 3.8) is 0 Å². The Balaban J connectivity index is 0.000000164. The predicted molar refractivity (Wildman–Crippen MR) is 407 cm³/mol. The molecule has 0 fully saturated rings. The molecular weight excluding hydrogens is 1160 g/mol. The van der Waals surface area contributed by atoms with Crippen molar-refractivity contribution in [2.24, 2.45) is 23.9 Å². The van der Waals surface area contributed by atoms with Crippen molar-refractivity contribution in [1.82, 2.24) is 18.3 Å². The molecule has 7 heteroatoms. The predicted octanol–water partition coefficient (Wildman–Crippen LogP) is 22.5. The van der Waals surface area contributed by atoms with Crippen LogP contribution >= 0.6 is 0 Å². The second kappa shape index (κ2) is 25.2. The molecule has 7 nitrogen and oxygen atoms in total. The number of hydrogen-bond donors (Lipinski definition) is 2. The van der Waals surface area contributed by atoms with Crippen LogP contribution in [0.5, 0.6) is 0 Å². The van der Waals surface area contributed by atoms with Crippen LogP contribution in [0.15, 0.2) is 339 Å². The Kier molecular flexibility index (Phi) is 15.7. The van der Waals surface area contributed by atoms with Crippen molar-refractivity contribution in [3.8, 4) is 28.2 Å². The third-order valence-electron chi connectivity index (χ3n) is 19.0. The van der Waals surface area contributed by atoms with E-state index in [0.717, 1.165) is 55.6 Å². The van der Waals surface area contributed by atoms with Crippen molar-refractivity contribution >= 4 is 111 Å². The Labute approximate surface area is 553 Å². The molecule has 95 heavy (non-hydrogen) atoms. The summed E-state index contributed by atoms with van der Waals surface area (Å²) in [5.74, 6) is 0.495. The van der Waals surface area contributed by atoms with Gasteiger partial charge in [-0.25, -0.2) is 0 Å². The van der Waals surface area contributed by atoms with Crippen molar-refractivity contribution in [3.05, 3.63) is 345 Å². The van der Waals surface area contributed by atoms with Gasteiger partial charge in [0.2, 0.25) is 0 Å². The molecule has 0 saturated carbocycles. The molecule has 17 rings (SSSR count). The largest absolute Gasteiger partial charge is 0.378 e. The molecule has 0 spiro atoms. The van der Waals surface area contributed by atoms with E-state index in [1.54, 1.807) is 12.2 Å². The van der Waals surface area contributed by atoms with Crippen molar-refractivity contribution in [2.75, 3.05) is 5.32 Å². The molecule has 3 atom stereocenters. The highest BCUT2D eigenvalue weighted by atomic mass is 15.0. The van der Waals surface area contributed by atoms with Crippen LogP contribution < -0.4 is 5.32 Å². The van der Waals surface area contributed by atoms with E-state index < -0.39 is 0 Å². The Morgan fingerprint density at radius 1 is 0.484 bits per heavy atom. The topological polar surface area (TPSA) is 68.0 Å². The minimum absolute atomic E-state index is 0.113. The van der Waals surface area contributed by atoms with Gasteiger partial charge < -0.3 is 29.0 Å². The lowest BCUT2D eigenvalue weighted by molar-refractivity contribution is 0.629. The van der Waals surface area contributed by atoms with Crippen LogP contribution in [0.25, 0.3) is 121 Å². The molecule has 2 bridgehead atoms. The molecule has 0 radical (unpaired) electrons. The Hall–Kier alpha value is -12.1. The zero-order valence-corrected chi connectivity index (χ0v) is 53.5. The van der Waals surface area contributed by atoms with Gasteiger partial charge in [-0.3, -0.25) is 4.99 Å². The summed E-state index contributed by atoms with van der Waals surface area (Å²) in [5.41, 5.74) is 21.8. The highest BCUT2D eigenvalue weighted by Gasteiger charge is 2.31. The van der Waals surface area contributed by atoms with Crippen LogP contribution in [-0.4, -0.2) is 36.7 Å². The molecule has 2 aliphatic rings. The first kappa shape index (κ1) is 59.3. The number of nitrogens with zero attached hydrogens (tertiary/aromatic N) is 5. The van der Waals surface area contributed by atoms with Gasteiger partial charge in [0.05, 0.1) is 50.6 Å². The number of nitrogens with one attached hydrogen (secondary N) is 2. The Morgan fingerprint density at radius 3 is 1.55 bits per heavy atom. The maximum atomic E-state index is 8.94. The van der Waals surface area contributed by atoms with E-state index in [1.807, 2.05) is 61.5 Å². The van der Waals surface area contributed by atoms with Crippen molar-refractivity contribution < 1.29 is 0 Å². The molecule has 3 unspecified atom stereocenters. The monoisotopic (exact) mass is 1230 g/mol. The van der Waals surface area contributed by atoms with Gasteiger partial charge >= 0.3 is 0 Å². The van der Waals surface area contributed by atoms with Crippen LogP contribution in [-0.2, 0) is 7.05 Å². The van der Waals surface area contributed by atoms with E-state index >= 15 is 0 Å². The van der Waals surface area contributed by atoms with Gasteiger partial charge in [-0.2, -0.15) is 0 Å². The molecule has 4 heterocycles. The molecule has 0 saturated heterocycles. The van der Waals surface area contributed by atoms with E-state index in [1.165, 1.54) is 87.8 Å². The summed E-state index contributed by atoms with van der Waals surface area (Å²) in [7, 11) is 2.15. The number of hydrogen-bond acceptors (Lipinski definition) is 3. The highest BCUT2D eigenvalue weighted by Crippen LogP contribution is 2.42. The fourth-order valence-corrected chi connectivity index (χ4v) is 14.4. The molecular formula is C88H71N7. The molecule has 11 aromatic carbocycles. The molecule has 2 N–H and O–H groups in total. The number of fused-ring (bicyclic) bond motifs is 14. The number of anilines is 1. The SMILES string of the molecule is C=C/C=C\C.C=N/C(=C\C(=N)c1ccc(-n2c3ccc(NC4C5=CC=CC4C(=C)C=CC5C)cc3c3cc(-n4c5ccccc5c5ccccc54)ccc32)cc1)c1ccccc1.Cn1c2ccccc2c2cc(-c3ccc4c(c3)c3ccccc3n4-c3ccccc3)ccc21. The standard InChI is InChI=1S/C52H41N5.C31H22N2.C5H8/c1-33-20-21-34(2)41-17-11-16-40(33)52(41)55-37-24-28-50-44(30-37)45-31-39(57-48-18-9-7-14-42(48)43-15-8-10-19-49(43)57)27-29-51(45)56(50)38-25-22-35(23-26-38)46(53)32-47(54-3)36-12-5-4-6-13-36;1-32-28-13-7-5-11-24(28)26-19-21(15-17-29(26)32)22-16-18-31-27(20-22)25-12-6-8-14-30(25)33(31)23-9-3-2-4-10-23;1-3-5-4-2/h4-32,34,40,52-53,55H,1,3H2,2H3;2-20H,1H3;3-5H,1H2,2H3/b47-32-,53-46?;;5-4-. The van der Waals surface area contributed by atoms with E-state index in [-0.39, 0.29) is 12.0 Å². The van der Waals surface area contributed by atoms with Gasteiger partial charge in [-0.1, -0.05) is 214 Å². The van der Waals surface area contributed by atoms with E-state index in [0.29, 0.717) is 17.3 Å². The fraction of sp³-hybridized carbons (Fsp3) is 0.0682. The van der Waals surface area contributed by atoms with Gasteiger partial charge in [-0.05, 0) is 163 Å². The summed E-state index contributed by atoms with van der Waals surface area (Å²) < 4.78 is 9.37. The number of benzene rings is 11. The van der Waals surface area contributed by atoms with Crippen LogP contribution in [0.1, 0.15) is 25.0 Å². The Bertz CT molecular complexity index is 5640. The normalized spacial score (nSPS) is 15.4. The van der Waals surface area contributed by atoms with E-state index in [2.05, 4.69) is 305 Å². The van der Waals surface area contributed by atoms with E-state index in [9.17, 15) is 0 Å². The molecule has 0 amide bonds.